The minimum atomic E-state index is -0.428. The summed E-state index contributed by atoms with van der Waals surface area (Å²) in [6.07, 6.45) is 1.11. The molecule has 0 aliphatic heterocycles. The van der Waals surface area contributed by atoms with E-state index >= 15 is 0 Å². The zero-order valence-corrected chi connectivity index (χ0v) is 7.38. The first-order valence-electron chi connectivity index (χ1n) is 4.09. The molecule has 0 spiro atoms. The molecule has 0 bridgehead atoms. The highest BCUT2D eigenvalue weighted by atomic mass is 16.3. The molecule has 0 saturated heterocycles. The van der Waals surface area contributed by atoms with E-state index in [1.54, 1.807) is 6.92 Å². The number of rotatable bonds is 5. The highest BCUT2D eigenvalue weighted by Crippen LogP contribution is 2.10. The second-order valence-corrected chi connectivity index (χ2v) is 3.05. The predicted molar refractivity (Wildman–Crippen MR) is 46.4 cm³/mol. The van der Waals surface area contributed by atoms with Crippen molar-refractivity contribution < 1.29 is 10.2 Å². The normalized spacial score (nSPS) is 16.0. The van der Waals surface area contributed by atoms with Gasteiger partial charge in [0.15, 0.2) is 0 Å². The van der Waals surface area contributed by atoms with E-state index in [-0.39, 0.29) is 0 Å². The van der Waals surface area contributed by atoms with Gasteiger partial charge in [-0.1, -0.05) is 19.1 Å². The summed E-state index contributed by atoms with van der Waals surface area (Å²) in [5.41, 5.74) is 1.04. The van der Waals surface area contributed by atoms with Crippen molar-refractivity contribution >= 4 is 0 Å². The smallest absolute Gasteiger partial charge is 0.0601 e. The Morgan fingerprint density at radius 1 is 1.45 bits per heavy atom. The fourth-order valence-corrected chi connectivity index (χ4v) is 0.955. The molecule has 0 aromatic carbocycles. The first-order chi connectivity index (χ1) is 5.06. The highest BCUT2D eigenvalue weighted by Gasteiger charge is 2.08. The molecule has 66 valence electrons. The summed E-state index contributed by atoms with van der Waals surface area (Å²) in [4.78, 5) is 0. The lowest BCUT2D eigenvalue weighted by Gasteiger charge is -2.12. The van der Waals surface area contributed by atoms with Crippen LogP contribution in [0, 0.1) is 0 Å². The highest BCUT2D eigenvalue weighted by molar-refractivity contribution is 4.94. The Labute approximate surface area is 68.6 Å². The molecular formula is C9H18O2. The molecule has 2 heteroatoms. The van der Waals surface area contributed by atoms with Gasteiger partial charge in [0.25, 0.3) is 0 Å². The van der Waals surface area contributed by atoms with Crippen LogP contribution in [0.5, 0.6) is 0 Å². The van der Waals surface area contributed by atoms with Crippen LogP contribution in [0.2, 0.25) is 0 Å². The molecule has 2 atom stereocenters. The van der Waals surface area contributed by atoms with Gasteiger partial charge >= 0.3 is 0 Å². The zero-order chi connectivity index (χ0) is 8.85. The quantitative estimate of drug-likeness (QED) is 0.595. The molecule has 0 radical (unpaired) electrons. The Morgan fingerprint density at radius 2 is 2.00 bits per heavy atom. The molecule has 0 aliphatic rings. The summed E-state index contributed by atoms with van der Waals surface area (Å²) in [5, 5.41) is 18.2. The number of aliphatic hydroxyl groups excluding tert-OH is 2. The molecule has 2 nitrogen and oxygen atoms in total. The maximum Gasteiger partial charge on any atom is 0.0601 e. The molecule has 2 N–H and O–H groups in total. The van der Waals surface area contributed by atoms with Gasteiger partial charge in [0.1, 0.15) is 0 Å². The summed E-state index contributed by atoms with van der Waals surface area (Å²) >= 11 is 0. The van der Waals surface area contributed by atoms with Crippen LogP contribution in [-0.4, -0.2) is 22.4 Å². The van der Waals surface area contributed by atoms with Gasteiger partial charge in [0, 0.05) is 0 Å². The second-order valence-electron chi connectivity index (χ2n) is 3.05. The van der Waals surface area contributed by atoms with E-state index in [2.05, 4.69) is 6.58 Å². The van der Waals surface area contributed by atoms with Gasteiger partial charge in [0.05, 0.1) is 12.2 Å². The van der Waals surface area contributed by atoms with Crippen molar-refractivity contribution in [1.29, 1.82) is 0 Å². The lowest BCUT2D eigenvalue weighted by atomic mass is 10.0. The van der Waals surface area contributed by atoms with Crippen LogP contribution < -0.4 is 0 Å². The van der Waals surface area contributed by atoms with Gasteiger partial charge in [-0.15, -0.1) is 0 Å². The Bertz CT molecular complexity index is 119. The molecule has 0 amide bonds. The monoisotopic (exact) mass is 158 g/mol. The number of hydrogen-bond acceptors (Lipinski definition) is 2. The summed E-state index contributed by atoms with van der Waals surface area (Å²) in [6.45, 7) is 7.47. The van der Waals surface area contributed by atoms with Gasteiger partial charge in [-0.3, -0.25) is 0 Å². The fourth-order valence-electron chi connectivity index (χ4n) is 0.955. The van der Waals surface area contributed by atoms with Gasteiger partial charge in [-0.25, -0.2) is 0 Å². The molecular weight excluding hydrogens is 140 g/mol. The lowest BCUT2D eigenvalue weighted by Crippen LogP contribution is -2.15. The fraction of sp³-hybridized carbons (Fsp3) is 0.778. The van der Waals surface area contributed by atoms with E-state index in [1.807, 2.05) is 6.92 Å². The van der Waals surface area contributed by atoms with Crippen molar-refractivity contribution in [3.8, 4) is 0 Å². The van der Waals surface area contributed by atoms with Crippen molar-refractivity contribution in [3.05, 3.63) is 12.2 Å². The van der Waals surface area contributed by atoms with Gasteiger partial charge in [-0.2, -0.15) is 0 Å². The predicted octanol–water partition coefficient (Wildman–Crippen LogP) is 1.47. The summed E-state index contributed by atoms with van der Waals surface area (Å²) in [5.74, 6) is 0. The van der Waals surface area contributed by atoms with Crippen molar-refractivity contribution in [2.45, 2.75) is 45.3 Å². The number of hydrogen-bond donors (Lipinski definition) is 2. The van der Waals surface area contributed by atoms with E-state index in [0.717, 1.165) is 12.0 Å². The molecule has 2 unspecified atom stereocenters. The van der Waals surface area contributed by atoms with Gasteiger partial charge in [0.2, 0.25) is 0 Å². The maximum absolute atomic E-state index is 9.30. The summed E-state index contributed by atoms with van der Waals surface area (Å²) in [7, 11) is 0. The first-order valence-corrected chi connectivity index (χ1v) is 4.09. The first kappa shape index (κ1) is 10.7. The largest absolute Gasteiger partial charge is 0.393 e. The Kier molecular flexibility index (Phi) is 5.16. The summed E-state index contributed by atoms with van der Waals surface area (Å²) < 4.78 is 0. The van der Waals surface area contributed by atoms with E-state index in [0.29, 0.717) is 12.8 Å². The average molecular weight is 158 g/mol. The molecule has 11 heavy (non-hydrogen) atoms. The molecule has 0 aromatic rings. The van der Waals surface area contributed by atoms with Crippen LogP contribution >= 0.6 is 0 Å². The molecule has 0 aliphatic carbocycles. The van der Waals surface area contributed by atoms with Crippen LogP contribution in [0.3, 0.4) is 0 Å². The SMILES string of the molecule is C=C(CC)CC(O)CC(C)O. The van der Waals surface area contributed by atoms with E-state index in [1.165, 1.54) is 0 Å². The topological polar surface area (TPSA) is 40.5 Å². The minimum absolute atomic E-state index is 0.422. The van der Waals surface area contributed by atoms with E-state index < -0.39 is 12.2 Å². The third kappa shape index (κ3) is 6.07. The standard InChI is InChI=1S/C9H18O2/c1-4-7(2)5-9(11)6-8(3)10/h8-11H,2,4-6H2,1,3H3. The Balaban J connectivity index is 3.51. The molecule has 0 rings (SSSR count). The molecule has 0 fully saturated rings. The van der Waals surface area contributed by atoms with Crippen LogP contribution in [0.25, 0.3) is 0 Å². The summed E-state index contributed by atoms with van der Waals surface area (Å²) in [6, 6.07) is 0. The van der Waals surface area contributed by atoms with Crippen molar-refractivity contribution in [1.82, 2.24) is 0 Å². The van der Waals surface area contributed by atoms with Crippen molar-refractivity contribution in [2.75, 3.05) is 0 Å². The Morgan fingerprint density at radius 3 is 2.36 bits per heavy atom. The van der Waals surface area contributed by atoms with Crippen LogP contribution in [0.4, 0.5) is 0 Å². The molecule has 0 saturated carbocycles. The number of aliphatic hydroxyl groups is 2. The van der Waals surface area contributed by atoms with Crippen LogP contribution in [-0.2, 0) is 0 Å². The maximum atomic E-state index is 9.30. The molecule has 0 aromatic heterocycles. The van der Waals surface area contributed by atoms with Crippen LogP contribution in [0.15, 0.2) is 12.2 Å². The zero-order valence-electron chi connectivity index (χ0n) is 7.38. The van der Waals surface area contributed by atoms with Crippen molar-refractivity contribution in [3.63, 3.8) is 0 Å². The minimum Gasteiger partial charge on any atom is -0.393 e. The third-order valence-corrected chi connectivity index (χ3v) is 1.64. The van der Waals surface area contributed by atoms with Crippen LogP contribution in [0.1, 0.15) is 33.1 Å². The van der Waals surface area contributed by atoms with Gasteiger partial charge < -0.3 is 10.2 Å². The second kappa shape index (κ2) is 5.33. The van der Waals surface area contributed by atoms with E-state index in [9.17, 15) is 5.11 Å². The van der Waals surface area contributed by atoms with Crippen molar-refractivity contribution in [2.24, 2.45) is 0 Å². The van der Waals surface area contributed by atoms with Gasteiger partial charge in [-0.05, 0) is 26.2 Å². The third-order valence-electron chi connectivity index (χ3n) is 1.64. The lowest BCUT2D eigenvalue weighted by molar-refractivity contribution is 0.0905. The Hall–Kier alpha value is -0.340. The molecule has 0 heterocycles. The van der Waals surface area contributed by atoms with E-state index in [4.69, 9.17) is 5.11 Å². The average Bonchev–Trinajstić information content (AvgIpc) is 1.85.